The van der Waals surface area contributed by atoms with E-state index >= 15 is 0 Å². The molecule has 0 aliphatic rings. The summed E-state index contributed by atoms with van der Waals surface area (Å²) in [6.07, 6.45) is 2.92. The second kappa shape index (κ2) is 6.63. The van der Waals surface area contributed by atoms with E-state index in [2.05, 4.69) is 31.2 Å². The topological polar surface area (TPSA) is 87.9 Å². The summed E-state index contributed by atoms with van der Waals surface area (Å²) in [6, 6.07) is 8.50. The molecule has 0 radical (unpaired) electrons. The number of hydrogen-bond donors (Lipinski definition) is 1. The van der Waals surface area contributed by atoms with Crippen molar-refractivity contribution in [1.29, 1.82) is 5.26 Å². The van der Waals surface area contributed by atoms with Gasteiger partial charge in [0.15, 0.2) is 12.4 Å². The number of carbonyl (C=O) groups excluding carboxylic acids is 1. The Morgan fingerprint density at radius 2 is 2.05 bits per heavy atom. The third-order valence-corrected chi connectivity index (χ3v) is 2.65. The molecule has 6 nitrogen and oxygen atoms in total. The van der Waals surface area contributed by atoms with E-state index in [1.807, 2.05) is 6.07 Å². The van der Waals surface area contributed by atoms with Gasteiger partial charge in [0.05, 0.1) is 24.0 Å². The highest BCUT2D eigenvalue weighted by Crippen LogP contribution is 2.11. The van der Waals surface area contributed by atoms with Crippen LogP contribution in [-0.4, -0.2) is 22.5 Å². The molecule has 1 amide bonds. The van der Waals surface area contributed by atoms with E-state index in [4.69, 9.17) is 10.00 Å². The van der Waals surface area contributed by atoms with Gasteiger partial charge < -0.3 is 10.1 Å². The van der Waals surface area contributed by atoms with E-state index in [0.29, 0.717) is 21.7 Å². The molecule has 0 aliphatic heterocycles. The first-order chi connectivity index (χ1) is 9.67. The molecule has 1 aromatic carbocycles. The van der Waals surface area contributed by atoms with Crippen LogP contribution in [0.4, 0.5) is 5.82 Å². The van der Waals surface area contributed by atoms with E-state index < -0.39 is 0 Å². The fourth-order valence-electron chi connectivity index (χ4n) is 1.33. The number of halogens is 1. The van der Waals surface area contributed by atoms with Crippen molar-refractivity contribution in [3.63, 3.8) is 0 Å². The van der Waals surface area contributed by atoms with Crippen LogP contribution in [0, 0.1) is 11.3 Å². The number of nitrogens with zero attached hydrogens (tertiary/aromatic N) is 3. The first kappa shape index (κ1) is 14.0. The highest BCUT2D eigenvalue weighted by molar-refractivity contribution is 9.10. The molecule has 0 saturated carbocycles. The monoisotopic (exact) mass is 332 g/mol. The summed E-state index contributed by atoms with van der Waals surface area (Å²) in [5, 5.41) is 11.2. The van der Waals surface area contributed by atoms with Crippen LogP contribution in [0.1, 0.15) is 5.56 Å². The lowest BCUT2D eigenvalue weighted by molar-refractivity contribution is -0.118. The second-order valence-corrected chi connectivity index (χ2v) is 4.51. The fourth-order valence-corrected chi connectivity index (χ4v) is 1.54. The molecule has 0 aliphatic carbocycles. The lowest BCUT2D eigenvalue weighted by Gasteiger charge is -2.06. The Kier molecular flexibility index (Phi) is 4.63. The molecule has 0 fully saturated rings. The van der Waals surface area contributed by atoms with Crippen molar-refractivity contribution in [3.05, 3.63) is 46.8 Å². The maximum Gasteiger partial charge on any atom is 0.263 e. The molecule has 1 N–H and O–H groups in total. The number of hydrogen-bond acceptors (Lipinski definition) is 5. The highest BCUT2D eigenvalue weighted by Gasteiger charge is 2.05. The molecule has 1 aromatic heterocycles. The van der Waals surface area contributed by atoms with E-state index in [1.54, 1.807) is 24.3 Å². The number of nitrogens with one attached hydrogen (secondary N) is 1. The third kappa shape index (κ3) is 4.03. The van der Waals surface area contributed by atoms with E-state index in [0.717, 1.165) is 0 Å². The van der Waals surface area contributed by atoms with Crippen LogP contribution in [0.5, 0.6) is 5.75 Å². The molecular formula is C13H9BrN4O2. The molecule has 0 unspecified atom stereocenters. The minimum atomic E-state index is -0.342. The summed E-state index contributed by atoms with van der Waals surface area (Å²) in [5.74, 6) is 0.522. The van der Waals surface area contributed by atoms with Crippen molar-refractivity contribution in [1.82, 2.24) is 9.97 Å². The largest absolute Gasteiger partial charge is 0.484 e. The van der Waals surface area contributed by atoms with Crippen LogP contribution in [0.3, 0.4) is 0 Å². The molecule has 2 aromatic rings. The zero-order valence-corrected chi connectivity index (χ0v) is 11.8. The zero-order chi connectivity index (χ0) is 14.4. The lowest BCUT2D eigenvalue weighted by atomic mass is 10.2. The molecule has 7 heteroatoms. The van der Waals surface area contributed by atoms with Gasteiger partial charge in [-0.05, 0) is 40.2 Å². The van der Waals surface area contributed by atoms with Gasteiger partial charge in [-0.25, -0.2) is 9.97 Å². The van der Waals surface area contributed by atoms with E-state index in [9.17, 15) is 4.79 Å². The van der Waals surface area contributed by atoms with Crippen LogP contribution in [0.25, 0.3) is 0 Å². The Bertz CT molecular complexity index is 635. The van der Waals surface area contributed by atoms with Crippen LogP contribution in [-0.2, 0) is 4.79 Å². The summed E-state index contributed by atoms with van der Waals surface area (Å²) in [5.41, 5.74) is 0.534. The average Bonchev–Trinajstić information content (AvgIpc) is 2.48. The SMILES string of the molecule is N#Cc1ccc(OCC(=O)Nc2cnc(Br)cn2)cc1. The highest BCUT2D eigenvalue weighted by atomic mass is 79.9. The molecule has 0 saturated heterocycles. The smallest absolute Gasteiger partial charge is 0.263 e. The fraction of sp³-hybridized carbons (Fsp3) is 0.0769. The molecule has 0 spiro atoms. The Labute approximate surface area is 123 Å². The molecule has 1 heterocycles. The Hall–Kier alpha value is -2.46. The molecule has 0 bridgehead atoms. The van der Waals surface area contributed by atoms with Crippen LogP contribution < -0.4 is 10.1 Å². The Morgan fingerprint density at radius 3 is 2.65 bits per heavy atom. The summed E-state index contributed by atoms with van der Waals surface area (Å²) in [7, 11) is 0. The standard InChI is InChI=1S/C13H9BrN4O2/c14-11-6-17-12(7-16-11)18-13(19)8-20-10-3-1-9(5-15)2-4-10/h1-4,6-7H,8H2,(H,17,18,19). The van der Waals surface area contributed by atoms with Crippen LogP contribution >= 0.6 is 15.9 Å². The predicted octanol–water partition coefficient (Wildman–Crippen LogP) is 2.13. The molecule has 0 atom stereocenters. The van der Waals surface area contributed by atoms with Gasteiger partial charge in [-0.15, -0.1) is 0 Å². The van der Waals surface area contributed by atoms with Gasteiger partial charge in [0.2, 0.25) is 0 Å². The lowest BCUT2D eigenvalue weighted by Crippen LogP contribution is -2.20. The number of ether oxygens (including phenoxy) is 1. The maximum atomic E-state index is 11.6. The summed E-state index contributed by atoms with van der Waals surface area (Å²) >= 11 is 3.15. The number of anilines is 1. The number of carbonyl (C=O) groups is 1. The minimum Gasteiger partial charge on any atom is -0.484 e. The van der Waals surface area contributed by atoms with Gasteiger partial charge in [0.25, 0.3) is 5.91 Å². The number of amides is 1. The first-order valence-corrected chi connectivity index (χ1v) is 6.37. The van der Waals surface area contributed by atoms with Crippen molar-refractivity contribution in [2.45, 2.75) is 0 Å². The van der Waals surface area contributed by atoms with Crippen LogP contribution in [0.15, 0.2) is 41.3 Å². The number of aromatic nitrogens is 2. The zero-order valence-electron chi connectivity index (χ0n) is 10.2. The minimum absolute atomic E-state index is 0.149. The normalized spacial score (nSPS) is 9.60. The number of benzene rings is 1. The maximum absolute atomic E-state index is 11.6. The summed E-state index contributed by atoms with van der Waals surface area (Å²) in [4.78, 5) is 19.5. The Morgan fingerprint density at radius 1 is 1.30 bits per heavy atom. The summed E-state index contributed by atoms with van der Waals surface area (Å²) in [6.45, 7) is -0.149. The second-order valence-electron chi connectivity index (χ2n) is 3.70. The molecule has 20 heavy (non-hydrogen) atoms. The van der Waals surface area contributed by atoms with E-state index in [-0.39, 0.29) is 12.5 Å². The van der Waals surface area contributed by atoms with Crippen molar-refractivity contribution in [3.8, 4) is 11.8 Å². The van der Waals surface area contributed by atoms with Crippen molar-refractivity contribution in [2.75, 3.05) is 11.9 Å². The molecule has 100 valence electrons. The number of nitriles is 1. The quantitative estimate of drug-likeness (QED) is 0.926. The van der Waals surface area contributed by atoms with Crippen molar-refractivity contribution < 1.29 is 9.53 Å². The van der Waals surface area contributed by atoms with Gasteiger partial charge in [0, 0.05) is 0 Å². The predicted molar refractivity (Wildman–Crippen MR) is 75.0 cm³/mol. The molecule has 2 rings (SSSR count). The van der Waals surface area contributed by atoms with Gasteiger partial charge in [0.1, 0.15) is 10.4 Å². The molecular weight excluding hydrogens is 324 g/mol. The van der Waals surface area contributed by atoms with E-state index in [1.165, 1.54) is 12.4 Å². The Balaban J connectivity index is 1.85. The number of rotatable bonds is 4. The van der Waals surface area contributed by atoms with Gasteiger partial charge in [-0.2, -0.15) is 5.26 Å². The average molecular weight is 333 g/mol. The van der Waals surface area contributed by atoms with Crippen molar-refractivity contribution >= 4 is 27.7 Å². The van der Waals surface area contributed by atoms with Gasteiger partial charge >= 0.3 is 0 Å². The van der Waals surface area contributed by atoms with Crippen LogP contribution in [0.2, 0.25) is 0 Å². The van der Waals surface area contributed by atoms with Gasteiger partial charge in [-0.1, -0.05) is 0 Å². The first-order valence-electron chi connectivity index (χ1n) is 5.58. The van der Waals surface area contributed by atoms with Gasteiger partial charge in [-0.3, -0.25) is 4.79 Å². The summed E-state index contributed by atoms with van der Waals surface area (Å²) < 4.78 is 5.87. The third-order valence-electron chi connectivity index (χ3n) is 2.24. The van der Waals surface area contributed by atoms with Crippen molar-refractivity contribution in [2.24, 2.45) is 0 Å².